The van der Waals surface area contributed by atoms with E-state index in [0.29, 0.717) is 29.2 Å². The molecule has 0 fully saturated rings. The van der Waals surface area contributed by atoms with Crippen LogP contribution in [0.2, 0.25) is 0 Å². The third-order valence-electron chi connectivity index (χ3n) is 6.33. The molecule has 8 heteroatoms. The van der Waals surface area contributed by atoms with Crippen LogP contribution in [0.3, 0.4) is 0 Å². The number of nitrogens with one attached hydrogen (secondary N) is 2. The lowest BCUT2D eigenvalue weighted by atomic mass is 9.98. The molecule has 0 saturated carbocycles. The van der Waals surface area contributed by atoms with E-state index in [4.69, 9.17) is 14.2 Å². The van der Waals surface area contributed by atoms with Gasteiger partial charge in [0.05, 0.1) is 40.6 Å². The van der Waals surface area contributed by atoms with Crippen LogP contribution in [0.5, 0.6) is 17.2 Å². The van der Waals surface area contributed by atoms with Gasteiger partial charge < -0.3 is 34.7 Å². The number of aromatic amines is 1. The second-order valence-corrected chi connectivity index (χ2v) is 8.76. The van der Waals surface area contributed by atoms with E-state index in [0.717, 1.165) is 33.2 Å². The summed E-state index contributed by atoms with van der Waals surface area (Å²) in [6.07, 6.45) is 5.72. The van der Waals surface area contributed by atoms with Crippen LogP contribution in [0.15, 0.2) is 66.9 Å². The number of rotatable bonds is 11. The fraction of sp³-hybridized carbons (Fsp3) is 0.233. The largest absolute Gasteiger partial charge is 0.493 e. The van der Waals surface area contributed by atoms with E-state index in [9.17, 15) is 15.0 Å². The van der Waals surface area contributed by atoms with Gasteiger partial charge in [0.15, 0.2) is 11.5 Å². The van der Waals surface area contributed by atoms with E-state index in [2.05, 4.69) is 10.3 Å². The molecule has 3 aromatic carbocycles. The number of carbonyl (C=O) groups excluding carboxylic acids is 1. The van der Waals surface area contributed by atoms with Gasteiger partial charge in [-0.15, -0.1) is 0 Å². The number of benzene rings is 3. The summed E-state index contributed by atoms with van der Waals surface area (Å²) >= 11 is 0. The number of H-pyrrole nitrogens is 1. The predicted molar refractivity (Wildman–Crippen MR) is 148 cm³/mol. The van der Waals surface area contributed by atoms with Gasteiger partial charge in [-0.1, -0.05) is 30.4 Å². The number of carbonyl (C=O) groups is 1. The number of ether oxygens (including phenoxy) is 3. The average Bonchev–Trinajstić information content (AvgIpc) is 3.37. The number of methoxy groups -OCH3 is 3. The maximum absolute atomic E-state index is 13.4. The summed E-state index contributed by atoms with van der Waals surface area (Å²) in [6.45, 7) is -0.345. The monoisotopic (exact) mass is 516 g/mol. The van der Waals surface area contributed by atoms with E-state index in [-0.39, 0.29) is 19.1 Å². The van der Waals surface area contributed by atoms with Crippen LogP contribution in [0.1, 0.15) is 21.5 Å². The highest BCUT2D eigenvalue weighted by Crippen LogP contribution is 2.41. The van der Waals surface area contributed by atoms with Crippen LogP contribution in [-0.2, 0) is 6.42 Å². The molecular weight excluding hydrogens is 484 g/mol. The highest BCUT2D eigenvalue weighted by Gasteiger charge is 2.19. The Morgan fingerprint density at radius 3 is 2.34 bits per heavy atom. The first-order chi connectivity index (χ1) is 18.5. The van der Waals surface area contributed by atoms with Crippen molar-refractivity contribution in [2.45, 2.75) is 12.5 Å². The number of aromatic nitrogens is 1. The number of hydrogen-bond acceptors (Lipinski definition) is 6. The van der Waals surface area contributed by atoms with Crippen LogP contribution in [0.25, 0.3) is 28.1 Å². The molecular formula is C30H32N2O6. The quantitative estimate of drug-likeness (QED) is 0.238. The van der Waals surface area contributed by atoms with Crippen molar-refractivity contribution in [1.82, 2.24) is 10.3 Å². The molecule has 0 aliphatic carbocycles. The maximum Gasteiger partial charge on any atom is 0.251 e. The van der Waals surface area contributed by atoms with Gasteiger partial charge in [-0.05, 0) is 65.1 Å². The van der Waals surface area contributed by atoms with Crippen LogP contribution in [0, 0.1) is 0 Å². The number of aliphatic hydroxyl groups is 2. The number of hydrogen-bond donors (Lipinski definition) is 4. The molecule has 0 aliphatic heterocycles. The van der Waals surface area contributed by atoms with Crippen molar-refractivity contribution in [2.75, 3.05) is 34.5 Å². The van der Waals surface area contributed by atoms with Crippen molar-refractivity contribution >= 4 is 22.9 Å². The molecule has 0 bridgehead atoms. The lowest BCUT2D eigenvalue weighted by Gasteiger charge is -2.18. The molecule has 4 rings (SSSR count). The molecule has 1 aromatic heterocycles. The molecule has 0 unspecified atom stereocenters. The van der Waals surface area contributed by atoms with E-state index < -0.39 is 6.04 Å². The van der Waals surface area contributed by atoms with Crippen LogP contribution in [-0.4, -0.2) is 61.7 Å². The minimum absolute atomic E-state index is 0.132. The minimum Gasteiger partial charge on any atom is -0.493 e. The molecule has 0 spiro atoms. The van der Waals surface area contributed by atoms with Gasteiger partial charge in [-0.3, -0.25) is 4.79 Å². The molecule has 1 atom stereocenters. The van der Waals surface area contributed by atoms with Crippen molar-refractivity contribution in [2.24, 2.45) is 0 Å². The topological polar surface area (TPSA) is 113 Å². The first kappa shape index (κ1) is 26.8. The highest BCUT2D eigenvalue weighted by atomic mass is 16.5. The maximum atomic E-state index is 13.4. The third kappa shape index (κ3) is 5.82. The summed E-state index contributed by atoms with van der Waals surface area (Å²) in [4.78, 5) is 16.6. The molecule has 38 heavy (non-hydrogen) atoms. The number of para-hydroxylation sites is 1. The molecule has 4 aromatic rings. The average molecular weight is 517 g/mol. The third-order valence-corrected chi connectivity index (χ3v) is 6.33. The molecule has 0 saturated heterocycles. The van der Waals surface area contributed by atoms with Crippen molar-refractivity contribution < 1.29 is 29.2 Å². The summed E-state index contributed by atoms with van der Waals surface area (Å²) in [5, 5.41) is 23.4. The number of aliphatic hydroxyl groups excluding tert-OH is 2. The Morgan fingerprint density at radius 1 is 0.974 bits per heavy atom. The van der Waals surface area contributed by atoms with Gasteiger partial charge in [0.25, 0.3) is 5.91 Å². The Kier molecular flexibility index (Phi) is 8.68. The van der Waals surface area contributed by atoms with Gasteiger partial charge in [0.1, 0.15) is 0 Å². The Balaban J connectivity index is 1.67. The fourth-order valence-corrected chi connectivity index (χ4v) is 4.48. The highest BCUT2D eigenvalue weighted by molar-refractivity contribution is 5.96. The summed E-state index contributed by atoms with van der Waals surface area (Å²) < 4.78 is 16.4. The predicted octanol–water partition coefficient (Wildman–Crippen LogP) is 4.20. The van der Waals surface area contributed by atoms with Crippen LogP contribution < -0.4 is 19.5 Å². The van der Waals surface area contributed by atoms with Gasteiger partial charge in [0.2, 0.25) is 5.75 Å². The number of amides is 1. The summed E-state index contributed by atoms with van der Waals surface area (Å²) in [6, 6.07) is 16.5. The fourth-order valence-electron chi connectivity index (χ4n) is 4.48. The van der Waals surface area contributed by atoms with Crippen LogP contribution >= 0.6 is 0 Å². The zero-order chi connectivity index (χ0) is 27.1. The molecule has 1 amide bonds. The molecule has 0 aliphatic rings. The van der Waals surface area contributed by atoms with Crippen molar-refractivity contribution in [3.8, 4) is 28.4 Å². The van der Waals surface area contributed by atoms with E-state index >= 15 is 0 Å². The second kappa shape index (κ2) is 12.3. The standard InChI is InChI=1S/C30H32N2O6/c1-36-27-15-21(16-28(37-2)29(27)38-3)20-11-19(7-6-10-33)12-22(13-20)30(35)32-24(18-34)14-23-17-31-26-9-5-4-8-25(23)26/h4-9,11-13,15-17,24,31,33-34H,10,14,18H2,1-3H3,(H,32,35)/t24-/m1/s1. The van der Waals surface area contributed by atoms with Crippen molar-refractivity contribution in [1.29, 1.82) is 0 Å². The Morgan fingerprint density at radius 2 is 1.68 bits per heavy atom. The molecule has 198 valence electrons. The van der Waals surface area contributed by atoms with E-state index in [1.807, 2.05) is 48.7 Å². The van der Waals surface area contributed by atoms with Gasteiger partial charge in [-0.25, -0.2) is 0 Å². The smallest absolute Gasteiger partial charge is 0.251 e. The molecule has 0 radical (unpaired) electrons. The molecule has 8 nitrogen and oxygen atoms in total. The Labute approximate surface area is 221 Å². The van der Waals surface area contributed by atoms with Crippen LogP contribution in [0.4, 0.5) is 0 Å². The summed E-state index contributed by atoms with van der Waals surface area (Å²) in [5.74, 6) is 1.12. The van der Waals surface area contributed by atoms with E-state index in [1.165, 1.54) is 7.11 Å². The Hall–Kier alpha value is -4.27. The zero-order valence-electron chi connectivity index (χ0n) is 21.7. The Bertz CT molecular complexity index is 1420. The lowest BCUT2D eigenvalue weighted by molar-refractivity contribution is 0.0916. The number of fused-ring (bicyclic) bond motifs is 1. The first-order valence-corrected chi connectivity index (χ1v) is 12.2. The second-order valence-electron chi connectivity index (χ2n) is 8.76. The zero-order valence-corrected chi connectivity index (χ0v) is 21.7. The van der Waals surface area contributed by atoms with Gasteiger partial charge in [0, 0.05) is 22.7 Å². The van der Waals surface area contributed by atoms with Gasteiger partial charge in [-0.2, -0.15) is 0 Å². The summed E-state index contributed by atoms with van der Waals surface area (Å²) in [5.41, 5.74) is 4.65. The van der Waals surface area contributed by atoms with Gasteiger partial charge >= 0.3 is 0 Å². The first-order valence-electron chi connectivity index (χ1n) is 12.2. The minimum atomic E-state index is -0.483. The SMILES string of the molecule is COc1cc(-c2cc(C=CCO)cc(C(=O)N[C@@H](CO)Cc3c[nH]c4ccccc34)c2)cc(OC)c1OC. The summed E-state index contributed by atoms with van der Waals surface area (Å²) in [7, 11) is 4.63. The normalized spacial score (nSPS) is 12.0. The molecule has 1 heterocycles. The molecule has 4 N–H and O–H groups in total. The van der Waals surface area contributed by atoms with Crippen molar-refractivity contribution in [3.63, 3.8) is 0 Å². The van der Waals surface area contributed by atoms with Crippen molar-refractivity contribution in [3.05, 3.63) is 83.6 Å². The lowest BCUT2D eigenvalue weighted by Crippen LogP contribution is -2.39. The van der Waals surface area contributed by atoms with E-state index in [1.54, 1.807) is 38.5 Å².